The first-order chi connectivity index (χ1) is 10.1. The van der Waals surface area contributed by atoms with Gasteiger partial charge in [0.05, 0.1) is 9.26 Å². The zero-order valence-corrected chi connectivity index (χ0v) is 15.3. The van der Waals surface area contributed by atoms with Crippen molar-refractivity contribution in [3.05, 3.63) is 15.1 Å². The number of nitrogen functional groups attached to an aromatic ring is 1. The van der Waals surface area contributed by atoms with Crippen LogP contribution in [0.4, 0.5) is 5.82 Å². The molecule has 0 radical (unpaired) electrons. The van der Waals surface area contributed by atoms with Gasteiger partial charge in [-0.1, -0.05) is 39.0 Å². The molecule has 1 heterocycles. The van der Waals surface area contributed by atoms with E-state index in [9.17, 15) is 0 Å². The maximum atomic E-state index is 6.18. The molecule has 2 rings (SSSR count). The molecule has 5 heteroatoms. The number of aryl methyl sites for hydroxylation is 1. The first-order valence-electron chi connectivity index (χ1n) is 8.09. The lowest BCUT2D eigenvalue weighted by molar-refractivity contribution is -0.0625. The van der Waals surface area contributed by atoms with Gasteiger partial charge in [-0.3, -0.25) is 0 Å². The second kappa shape index (κ2) is 7.72. The third-order valence-corrected chi connectivity index (χ3v) is 5.35. The molecule has 1 aliphatic rings. The van der Waals surface area contributed by atoms with E-state index < -0.39 is 0 Å². The standard InChI is InChI=1S/C16H26IN3O/c1-3-9-12-13(17)14(18)20-15(19-12)16(21-4-2)10-7-5-6-8-11-16/h3-11H2,1-2H3,(H2,18,19,20). The van der Waals surface area contributed by atoms with Crippen molar-refractivity contribution < 1.29 is 4.74 Å². The monoisotopic (exact) mass is 403 g/mol. The van der Waals surface area contributed by atoms with Crippen molar-refractivity contribution in [2.24, 2.45) is 0 Å². The van der Waals surface area contributed by atoms with Crippen molar-refractivity contribution in [1.29, 1.82) is 0 Å². The molecule has 0 aliphatic heterocycles. The molecular weight excluding hydrogens is 377 g/mol. The van der Waals surface area contributed by atoms with Gasteiger partial charge in [0, 0.05) is 6.61 Å². The summed E-state index contributed by atoms with van der Waals surface area (Å²) >= 11 is 2.26. The number of hydrogen-bond acceptors (Lipinski definition) is 4. The van der Waals surface area contributed by atoms with Gasteiger partial charge in [0.15, 0.2) is 5.82 Å². The van der Waals surface area contributed by atoms with Crippen molar-refractivity contribution in [2.45, 2.75) is 70.8 Å². The lowest BCUT2D eigenvalue weighted by atomic mass is 9.92. The fraction of sp³-hybridized carbons (Fsp3) is 0.750. The van der Waals surface area contributed by atoms with Crippen molar-refractivity contribution in [3.63, 3.8) is 0 Å². The molecule has 0 saturated heterocycles. The molecule has 0 spiro atoms. The number of halogens is 1. The highest BCUT2D eigenvalue weighted by molar-refractivity contribution is 14.1. The summed E-state index contributed by atoms with van der Waals surface area (Å²) < 4.78 is 7.18. The number of anilines is 1. The van der Waals surface area contributed by atoms with Crippen LogP contribution >= 0.6 is 22.6 Å². The van der Waals surface area contributed by atoms with E-state index in [-0.39, 0.29) is 5.60 Å². The minimum absolute atomic E-state index is 0.327. The Bertz CT molecular complexity index is 471. The Morgan fingerprint density at radius 3 is 2.38 bits per heavy atom. The highest BCUT2D eigenvalue weighted by atomic mass is 127. The normalized spacial score (nSPS) is 18.4. The van der Waals surface area contributed by atoms with Crippen LogP contribution < -0.4 is 5.73 Å². The predicted octanol–water partition coefficient (Wildman–Crippen LogP) is 4.20. The summed E-state index contributed by atoms with van der Waals surface area (Å²) in [4.78, 5) is 9.46. The van der Waals surface area contributed by atoms with Crippen molar-refractivity contribution in [2.75, 3.05) is 12.3 Å². The average molecular weight is 403 g/mol. The highest BCUT2D eigenvalue weighted by Gasteiger charge is 2.37. The number of nitrogens with two attached hydrogens (primary N) is 1. The van der Waals surface area contributed by atoms with E-state index in [4.69, 9.17) is 15.5 Å². The Morgan fingerprint density at radius 1 is 1.14 bits per heavy atom. The number of rotatable bonds is 5. The van der Waals surface area contributed by atoms with E-state index in [0.717, 1.165) is 40.8 Å². The summed E-state index contributed by atoms with van der Waals surface area (Å²) in [5.74, 6) is 1.42. The second-order valence-corrected chi connectivity index (χ2v) is 6.86. The van der Waals surface area contributed by atoms with E-state index in [1.54, 1.807) is 0 Å². The molecule has 1 fully saturated rings. The van der Waals surface area contributed by atoms with Gasteiger partial charge in [-0.2, -0.15) is 0 Å². The van der Waals surface area contributed by atoms with Crippen LogP contribution in [0.2, 0.25) is 0 Å². The molecule has 2 N–H and O–H groups in total. The molecule has 0 bridgehead atoms. The van der Waals surface area contributed by atoms with Crippen LogP contribution in [0.25, 0.3) is 0 Å². The average Bonchev–Trinajstić information content (AvgIpc) is 2.71. The SMILES string of the molecule is CCCc1nc(C2(OCC)CCCCCC2)nc(N)c1I. The molecule has 4 nitrogen and oxygen atoms in total. The van der Waals surface area contributed by atoms with Crippen LogP contribution in [0.1, 0.15) is 70.3 Å². The van der Waals surface area contributed by atoms with Crippen LogP contribution in [-0.4, -0.2) is 16.6 Å². The topological polar surface area (TPSA) is 61.0 Å². The van der Waals surface area contributed by atoms with Crippen LogP contribution in [0.15, 0.2) is 0 Å². The first kappa shape index (κ1) is 16.9. The van der Waals surface area contributed by atoms with Crippen molar-refractivity contribution in [3.8, 4) is 0 Å². The van der Waals surface area contributed by atoms with Gasteiger partial charge in [0.2, 0.25) is 0 Å². The number of hydrogen-bond donors (Lipinski definition) is 1. The lowest BCUT2D eigenvalue weighted by Crippen LogP contribution is -2.32. The Kier molecular flexibility index (Phi) is 6.22. The smallest absolute Gasteiger partial charge is 0.162 e. The summed E-state index contributed by atoms with van der Waals surface area (Å²) in [6.07, 6.45) is 8.93. The van der Waals surface area contributed by atoms with Crippen LogP contribution in [0.5, 0.6) is 0 Å². The maximum Gasteiger partial charge on any atom is 0.162 e. The van der Waals surface area contributed by atoms with E-state index in [1.165, 1.54) is 25.7 Å². The number of ether oxygens (including phenoxy) is 1. The van der Waals surface area contributed by atoms with Crippen LogP contribution in [-0.2, 0) is 16.8 Å². The minimum atomic E-state index is -0.327. The first-order valence-corrected chi connectivity index (χ1v) is 9.17. The van der Waals surface area contributed by atoms with Gasteiger partial charge < -0.3 is 10.5 Å². The van der Waals surface area contributed by atoms with E-state index in [0.29, 0.717) is 12.4 Å². The van der Waals surface area contributed by atoms with Gasteiger partial charge in [0.1, 0.15) is 11.4 Å². The molecule has 118 valence electrons. The third kappa shape index (κ3) is 3.86. The van der Waals surface area contributed by atoms with E-state index in [2.05, 4.69) is 41.4 Å². The molecular formula is C16H26IN3O. The molecule has 21 heavy (non-hydrogen) atoms. The van der Waals surface area contributed by atoms with Crippen molar-refractivity contribution >= 4 is 28.4 Å². The minimum Gasteiger partial charge on any atom is -0.383 e. The van der Waals surface area contributed by atoms with E-state index in [1.807, 2.05) is 0 Å². The molecule has 0 amide bonds. The molecule has 1 aromatic heterocycles. The van der Waals surface area contributed by atoms with Gasteiger partial charge in [-0.05, 0) is 48.8 Å². The molecule has 1 saturated carbocycles. The van der Waals surface area contributed by atoms with Crippen molar-refractivity contribution in [1.82, 2.24) is 9.97 Å². The quantitative estimate of drug-likeness (QED) is 0.591. The Morgan fingerprint density at radius 2 is 1.81 bits per heavy atom. The highest BCUT2D eigenvalue weighted by Crippen LogP contribution is 2.38. The zero-order valence-electron chi connectivity index (χ0n) is 13.1. The molecule has 0 atom stereocenters. The predicted molar refractivity (Wildman–Crippen MR) is 94.2 cm³/mol. The molecule has 1 aromatic rings. The second-order valence-electron chi connectivity index (χ2n) is 5.78. The summed E-state index contributed by atoms with van der Waals surface area (Å²) in [5, 5.41) is 0. The number of nitrogens with zero attached hydrogens (tertiary/aromatic N) is 2. The summed E-state index contributed by atoms with van der Waals surface area (Å²) in [6, 6.07) is 0. The van der Waals surface area contributed by atoms with Gasteiger partial charge in [-0.25, -0.2) is 9.97 Å². The molecule has 1 aliphatic carbocycles. The number of aromatic nitrogens is 2. The fourth-order valence-electron chi connectivity index (χ4n) is 3.13. The Hall–Kier alpha value is -0.430. The Balaban J connectivity index is 2.43. The largest absolute Gasteiger partial charge is 0.383 e. The van der Waals surface area contributed by atoms with Gasteiger partial charge >= 0.3 is 0 Å². The van der Waals surface area contributed by atoms with Gasteiger partial charge in [0.25, 0.3) is 0 Å². The third-order valence-electron chi connectivity index (χ3n) is 4.17. The molecule has 0 aromatic carbocycles. The maximum absolute atomic E-state index is 6.18. The summed E-state index contributed by atoms with van der Waals surface area (Å²) in [6.45, 7) is 4.91. The zero-order chi connectivity index (χ0) is 15.3. The van der Waals surface area contributed by atoms with E-state index >= 15 is 0 Å². The Labute approximate surface area is 141 Å². The summed E-state index contributed by atoms with van der Waals surface area (Å²) in [7, 11) is 0. The summed E-state index contributed by atoms with van der Waals surface area (Å²) in [5.41, 5.74) is 6.88. The lowest BCUT2D eigenvalue weighted by Gasteiger charge is -2.31. The van der Waals surface area contributed by atoms with Crippen LogP contribution in [0.3, 0.4) is 0 Å². The fourth-order valence-corrected chi connectivity index (χ4v) is 3.64. The molecule has 0 unspecified atom stereocenters. The van der Waals surface area contributed by atoms with Crippen LogP contribution in [0, 0.1) is 3.57 Å². The van der Waals surface area contributed by atoms with Gasteiger partial charge in [-0.15, -0.1) is 0 Å².